The van der Waals surface area contributed by atoms with Crippen molar-refractivity contribution in [1.29, 1.82) is 0 Å². The molecule has 20 heavy (non-hydrogen) atoms. The van der Waals surface area contributed by atoms with Gasteiger partial charge in [0.1, 0.15) is 9.77 Å². The van der Waals surface area contributed by atoms with Gasteiger partial charge in [0.2, 0.25) is 0 Å². The number of hydrogen-bond acceptors (Lipinski definition) is 5. The molecule has 2 aromatic rings. The molecule has 0 radical (unpaired) electrons. The topological polar surface area (TPSA) is 96.4 Å². The van der Waals surface area contributed by atoms with E-state index in [4.69, 9.17) is 16.7 Å². The van der Waals surface area contributed by atoms with E-state index in [0.717, 1.165) is 17.4 Å². The molecule has 0 aliphatic heterocycles. The summed E-state index contributed by atoms with van der Waals surface area (Å²) >= 11 is 6.72. The molecule has 106 valence electrons. The number of halogens is 1. The molecule has 0 fully saturated rings. The lowest BCUT2D eigenvalue weighted by Crippen LogP contribution is -2.14. The van der Waals surface area contributed by atoms with E-state index in [0.29, 0.717) is 4.88 Å². The van der Waals surface area contributed by atoms with Crippen LogP contribution < -0.4 is 4.72 Å². The molecule has 2 aromatic heterocycles. The van der Waals surface area contributed by atoms with Crippen LogP contribution in [0.3, 0.4) is 0 Å². The number of carboxylic acid groups (broad SMARTS) is 1. The van der Waals surface area contributed by atoms with Crippen molar-refractivity contribution in [2.45, 2.75) is 11.8 Å². The van der Waals surface area contributed by atoms with Crippen molar-refractivity contribution in [3.05, 3.63) is 39.2 Å². The molecule has 0 spiro atoms. The van der Waals surface area contributed by atoms with Crippen LogP contribution in [0.5, 0.6) is 0 Å². The van der Waals surface area contributed by atoms with E-state index in [1.54, 1.807) is 6.07 Å². The Bertz CT molecular complexity index is 770. The van der Waals surface area contributed by atoms with Crippen molar-refractivity contribution >= 4 is 44.7 Å². The average Bonchev–Trinajstić information content (AvgIpc) is 2.75. The molecular formula is C11H9ClN2O4S2. The van der Waals surface area contributed by atoms with Crippen LogP contribution in [0, 0.1) is 6.92 Å². The van der Waals surface area contributed by atoms with E-state index in [1.807, 2.05) is 0 Å². The summed E-state index contributed by atoms with van der Waals surface area (Å²) in [5.74, 6) is -1.17. The number of aryl methyl sites for hydroxylation is 1. The average molecular weight is 333 g/mol. The highest BCUT2D eigenvalue weighted by molar-refractivity contribution is 7.93. The molecule has 0 aliphatic carbocycles. The number of aromatic carboxylic acids is 1. The Labute approximate surface area is 124 Å². The first-order valence-corrected chi connectivity index (χ1v) is 7.96. The highest BCUT2D eigenvalue weighted by Crippen LogP contribution is 2.28. The van der Waals surface area contributed by atoms with Crippen LogP contribution in [0.1, 0.15) is 14.5 Å². The van der Waals surface area contributed by atoms with Crippen molar-refractivity contribution in [3.8, 4) is 0 Å². The predicted octanol–water partition coefficient (Wildman–Crippen LogP) is 2.60. The van der Waals surface area contributed by atoms with Gasteiger partial charge in [-0.3, -0.25) is 4.72 Å². The Morgan fingerprint density at radius 1 is 1.50 bits per heavy atom. The molecular weight excluding hydrogens is 324 g/mol. The molecule has 0 unspecified atom stereocenters. The number of hydrogen-bond donors (Lipinski definition) is 2. The molecule has 6 nitrogen and oxygen atoms in total. The number of carboxylic acids is 1. The molecule has 2 rings (SSSR count). The van der Waals surface area contributed by atoms with Gasteiger partial charge in [-0.1, -0.05) is 11.6 Å². The minimum atomic E-state index is -3.93. The van der Waals surface area contributed by atoms with Crippen LogP contribution in [-0.4, -0.2) is 24.5 Å². The third-order valence-electron chi connectivity index (χ3n) is 2.36. The fourth-order valence-electron chi connectivity index (χ4n) is 1.48. The second-order valence-corrected chi connectivity index (χ2v) is 7.09. The first kappa shape index (κ1) is 14.8. The monoisotopic (exact) mass is 332 g/mol. The molecule has 0 bridgehead atoms. The maximum Gasteiger partial charge on any atom is 0.345 e. The van der Waals surface area contributed by atoms with Gasteiger partial charge in [0, 0.05) is 11.1 Å². The molecule has 0 aliphatic rings. The molecule has 0 aromatic carbocycles. The van der Waals surface area contributed by atoms with Crippen LogP contribution in [0.25, 0.3) is 0 Å². The summed E-state index contributed by atoms with van der Waals surface area (Å²) in [4.78, 5) is 14.9. The first-order valence-electron chi connectivity index (χ1n) is 5.28. The molecule has 2 heterocycles. The standard InChI is InChI=1S/C11H9ClN2O4S2/c1-6-9(5-8(19-6)11(15)16)20(17,18)14-10-7(12)3-2-4-13-10/h2-5H,1H3,(H,13,14)(H,15,16). The van der Waals surface area contributed by atoms with Crippen LogP contribution in [0.2, 0.25) is 5.02 Å². The summed E-state index contributed by atoms with van der Waals surface area (Å²) in [6, 6.07) is 4.18. The Morgan fingerprint density at radius 2 is 2.20 bits per heavy atom. The van der Waals surface area contributed by atoms with Gasteiger partial charge >= 0.3 is 5.97 Å². The van der Waals surface area contributed by atoms with Gasteiger partial charge < -0.3 is 5.11 Å². The number of aromatic nitrogens is 1. The molecule has 0 saturated carbocycles. The molecule has 9 heteroatoms. The maximum atomic E-state index is 12.2. The van der Waals surface area contributed by atoms with Gasteiger partial charge in [-0.2, -0.15) is 0 Å². The molecule has 0 amide bonds. The number of sulfonamides is 1. The Morgan fingerprint density at radius 3 is 2.75 bits per heavy atom. The summed E-state index contributed by atoms with van der Waals surface area (Å²) in [6.07, 6.45) is 1.40. The number of pyridine rings is 1. The first-order chi connectivity index (χ1) is 9.31. The minimum Gasteiger partial charge on any atom is -0.477 e. The quantitative estimate of drug-likeness (QED) is 0.897. The zero-order valence-electron chi connectivity index (χ0n) is 10.1. The van der Waals surface area contributed by atoms with Crippen molar-refractivity contribution in [2.24, 2.45) is 0 Å². The molecule has 2 N–H and O–H groups in total. The molecule has 0 atom stereocenters. The van der Waals surface area contributed by atoms with Crippen molar-refractivity contribution in [2.75, 3.05) is 4.72 Å². The minimum absolute atomic E-state index is 0.00311. The normalized spacial score (nSPS) is 11.3. The van der Waals surface area contributed by atoms with Gasteiger partial charge in [0.15, 0.2) is 5.82 Å². The highest BCUT2D eigenvalue weighted by Gasteiger charge is 2.23. The summed E-state index contributed by atoms with van der Waals surface area (Å²) in [5, 5.41) is 9.04. The zero-order chi connectivity index (χ0) is 14.9. The fraction of sp³-hybridized carbons (Fsp3) is 0.0909. The number of nitrogens with zero attached hydrogens (tertiary/aromatic N) is 1. The summed E-state index contributed by atoms with van der Waals surface area (Å²) in [7, 11) is -3.93. The van der Waals surface area contributed by atoms with Crippen LogP contribution in [0.4, 0.5) is 5.82 Å². The Hall–Kier alpha value is -1.64. The zero-order valence-corrected chi connectivity index (χ0v) is 12.5. The van der Waals surface area contributed by atoms with Crippen molar-refractivity contribution < 1.29 is 18.3 Å². The van der Waals surface area contributed by atoms with Gasteiger partial charge in [-0.05, 0) is 25.1 Å². The lowest BCUT2D eigenvalue weighted by molar-refractivity contribution is 0.0702. The van der Waals surface area contributed by atoms with E-state index < -0.39 is 16.0 Å². The predicted molar refractivity (Wildman–Crippen MR) is 76.1 cm³/mol. The Kier molecular flexibility index (Phi) is 3.98. The van der Waals surface area contributed by atoms with E-state index in [2.05, 4.69) is 9.71 Å². The number of anilines is 1. The number of nitrogens with one attached hydrogen (secondary N) is 1. The van der Waals surface area contributed by atoms with E-state index in [-0.39, 0.29) is 20.6 Å². The number of thiophene rings is 1. The number of carbonyl (C=O) groups is 1. The van der Waals surface area contributed by atoms with Gasteiger partial charge in [-0.15, -0.1) is 11.3 Å². The van der Waals surface area contributed by atoms with E-state index in [9.17, 15) is 13.2 Å². The van der Waals surface area contributed by atoms with Crippen molar-refractivity contribution in [3.63, 3.8) is 0 Å². The second-order valence-electron chi connectivity index (χ2n) is 3.78. The molecule has 0 saturated heterocycles. The van der Waals surface area contributed by atoms with Crippen LogP contribution >= 0.6 is 22.9 Å². The third-order valence-corrected chi connectivity index (χ3v) is 5.30. The van der Waals surface area contributed by atoms with E-state index >= 15 is 0 Å². The SMILES string of the molecule is Cc1sc(C(=O)O)cc1S(=O)(=O)Nc1ncccc1Cl. The van der Waals surface area contributed by atoms with Gasteiger partial charge in [0.05, 0.1) is 5.02 Å². The Balaban J connectivity index is 2.41. The largest absolute Gasteiger partial charge is 0.477 e. The smallest absolute Gasteiger partial charge is 0.345 e. The van der Waals surface area contributed by atoms with Crippen LogP contribution in [-0.2, 0) is 10.0 Å². The van der Waals surface area contributed by atoms with Crippen LogP contribution in [0.15, 0.2) is 29.3 Å². The lowest BCUT2D eigenvalue weighted by atomic mass is 10.4. The third kappa shape index (κ3) is 2.92. The summed E-state index contributed by atoms with van der Waals surface area (Å²) in [6.45, 7) is 1.53. The van der Waals surface area contributed by atoms with E-state index in [1.165, 1.54) is 19.2 Å². The summed E-state index contributed by atoms with van der Waals surface area (Å²) < 4.78 is 26.7. The second kappa shape index (κ2) is 5.39. The lowest BCUT2D eigenvalue weighted by Gasteiger charge is -2.07. The van der Waals surface area contributed by atoms with Gasteiger partial charge in [0.25, 0.3) is 10.0 Å². The summed E-state index contributed by atoms with van der Waals surface area (Å²) in [5.41, 5.74) is 0. The number of rotatable bonds is 4. The fourth-order valence-corrected chi connectivity index (χ4v) is 4.17. The van der Waals surface area contributed by atoms with Gasteiger partial charge in [-0.25, -0.2) is 18.2 Å². The van der Waals surface area contributed by atoms with Crippen molar-refractivity contribution in [1.82, 2.24) is 4.98 Å². The highest BCUT2D eigenvalue weighted by atomic mass is 35.5. The maximum absolute atomic E-state index is 12.2.